The fraction of sp³-hybridized carbons (Fsp3) is 1.00. The topological polar surface area (TPSA) is 3.24 Å². The van der Waals surface area contributed by atoms with Gasteiger partial charge in [0.15, 0.2) is 0 Å². The van der Waals surface area contributed by atoms with E-state index in [9.17, 15) is 39.6 Å². The zero-order valence-corrected chi connectivity index (χ0v) is 8.83. The van der Waals surface area contributed by atoms with Crippen LogP contribution in [0, 0.1) is 0 Å². The molecular weight excluding hydrogens is 281 g/mol. The summed E-state index contributed by atoms with van der Waals surface area (Å²) in [7, 11) is 0. The fourth-order valence-corrected chi connectivity index (χ4v) is 0.871. The summed E-state index contributed by atoms with van der Waals surface area (Å²) in [5, 5.41) is -0.618. The van der Waals surface area contributed by atoms with Crippen molar-refractivity contribution < 1.29 is 39.6 Å². The Labute approximate surface area is 96.5 Å². The van der Waals surface area contributed by atoms with Gasteiger partial charge in [0.25, 0.3) is 0 Å². The smallest absolute Gasteiger partial charge is 0.204 e. The van der Waals surface area contributed by atoms with Gasteiger partial charge in [0.1, 0.15) is 0 Å². The summed E-state index contributed by atoms with van der Waals surface area (Å²) >= 11 is 0. The van der Waals surface area contributed by atoms with Crippen LogP contribution >= 0.6 is 0 Å². The Morgan fingerprint density at radius 1 is 0.722 bits per heavy atom. The molecule has 0 aliphatic rings. The van der Waals surface area contributed by atoms with Crippen LogP contribution in [0.25, 0.3) is 0 Å². The highest BCUT2D eigenvalue weighted by Gasteiger charge is 2.42. The first-order valence-corrected chi connectivity index (χ1v) is 4.71. The number of hydrogen-bond donors (Lipinski definition) is 0. The van der Waals surface area contributed by atoms with Crippen molar-refractivity contribution >= 4 is 0 Å². The highest BCUT2D eigenvalue weighted by molar-refractivity contribution is 4.72. The minimum atomic E-state index is -4.45. The third-order valence-electron chi connectivity index (χ3n) is 2.01. The molecular formula is C8H10F9N. The number of hydrogen-bond acceptors (Lipinski definition) is 1. The average molecular weight is 291 g/mol. The molecule has 18 heavy (non-hydrogen) atoms. The second-order valence-electron chi connectivity index (χ2n) is 3.53. The Morgan fingerprint density at radius 2 is 1.00 bits per heavy atom. The maximum absolute atomic E-state index is 12.7. The Kier molecular flexibility index (Phi) is 6.24. The van der Waals surface area contributed by atoms with Gasteiger partial charge in [0, 0.05) is 25.9 Å². The number of halogens is 9. The van der Waals surface area contributed by atoms with Crippen LogP contribution in [-0.4, -0.2) is 42.9 Å². The maximum Gasteiger partial charge on any atom is 0.308 e. The molecule has 0 saturated heterocycles. The second kappa shape index (κ2) is 6.48. The molecule has 0 aromatic carbocycles. The molecule has 0 N–H and O–H groups in total. The van der Waals surface area contributed by atoms with Crippen molar-refractivity contribution in [2.45, 2.75) is 37.5 Å². The third kappa shape index (κ3) is 5.78. The molecule has 0 rings (SSSR count). The first-order chi connectivity index (χ1) is 7.99. The SMILES string of the molecule is FC(F)C(F)(F)CCN(F)CCC(F)(F)C(F)F. The molecule has 0 fully saturated rings. The van der Waals surface area contributed by atoms with Gasteiger partial charge in [-0.05, 0) is 0 Å². The molecule has 10 heteroatoms. The molecule has 0 atom stereocenters. The van der Waals surface area contributed by atoms with E-state index < -0.39 is 55.7 Å². The van der Waals surface area contributed by atoms with Gasteiger partial charge in [-0.3, -0.25) is 0 Å². The summed E-state index contributed by atoms with van der Waals surface area (Å²) in [5.74, 6) is -8.90. The van der Waals surface area contributed by atoms with Crippen molar-refractivity contribution in [1.82, 2.24) is 5.12 Å². The molecule has 0 aliphatic carbocycles. The zero-order chi connectivity index (χ0) is 14.6. The van der Waals surface area contributed by atoms with Crippen LogP contribution in [0.15, 0.2) is 0 Å². The quantitative estimate of drug-likeness (QED) is 0.486. The lowest BCUT2D eigenvalue weighted by Gasteiger charge is -2.20. The Morgan fingerprint density at radius 3 is 1.22 bits per heavy atom. The summed E-state index contributed by atoms with van der Waals surface area (Å²) in [5.41, 5.74) is 0. The van der Waals surface area contributed by atoms with Gasteiger partial charge < -0.3 is 0 Å². The highest BCUT2D eigenvalue weighted by atomic mass is 19.3. The van der Waals surface area contributed by atoms with Crippen molar-refractivity contribution in [3.05, 3.63) is 0 Å². The van der Waals surface area contributed by atoms with Crippen LogP contribution in [0.3, 0.4) is 0 Å². The molecule has 0 aromatic heterocycles. The van der Waals surface area contributed by atoms with Crippen molar-refractivity contribution in [2.75, 3.05) is 13.1 Å². The first kappa shape index (κ1) is 17.3. The molecule has 0 radical (unpaired) electrons. The van der Waals surface area contributed by atoms with E-state index in [1.807, 2.05) is 0 Å². The van der Waals surface area contributed by atoms with Crippen LogP contribution in [0.5, 0.6) is 0 Å². The van der Waals surface area contributed by atoms with Crippen molar-refractivity contribution in [1.29, 1.82) is 0 Å². The van der Waals surface area contributed by atoms with Gasteiger partial charge in [-0.25, -0.2) is 35.1 Å². The Hall–Kier alpha value is -0.670. The molecule has 1 nitrogen and oxygen atoms in total. The predicted octanol–water partition coefficient (Wildman–Crippen LogP) is 3.75. The van der Waals surface area contributed by atoms with Crippen LogP contribution < -0.4 is 0 Å². The van der Waals surface area contributed by atoms with E-state index in [1.54, 1.807) is 0 Å². The summed E-state index contributed by atoms with van der Waals surface area (Å²) in [6.07, 6.45) is -11.2. The summed E-state index contributed by atoms with van der Waals surface area (Å²) in [6.45, 7) is -2.51. The molecule has 110 valence electrons. The minimum Gasteiger partial charge on any atom is -0.204 e. The fourth-order valence-electron chi connectivity index (χ4n) is 0.871. The van der Waals surface area contributed by atoms with E-state index in [0.717, 1.165) is 0 Å². The summed E-state index contributed by atoms with van der Waals surface area (Å²) in [4.78, 5) is 0. The first-order valence-electron chi connectivity index (χ1n) is 4.71. The minimum absolute atomic E-state index is 0.618. The van der Waals surface area contributed by atoms with Gasteiger partial charge in [-0.2, -0.15) is 0 Å². The van der Waals surface area contributed by atoms with Gasteiger partial charge in [0.2, 0.25) is 0 Å². The molecule has 0 unspecified atom stereocenters. The van der Waals surface area contributed by atoms with Crippen LogP contribution in [0.4, 0.5) is 39.6 Å². The molecule has 0 aromatic rings. The Balaban J connectivity index is 4.03. The molecule has 0 spiro atoms. The average Bonchev–Trinajstić information content (AvgIpc) is 2.23. The van der Waals surface area contributed by atoms with Crippen molar-refractivity contribution in [3.8, 4) is 0 Å². The van der Waals surface area contributed by atoms with E-state index in [-0.39, 0.29) is 0 Å². The molecule has 0 amide bonds. The summed E-state index contributed by atoms with van der Waals surface area (Å²) < 4.78 is 108. The Bertz CT molecular complexity index is 219. The van der Waals surface area contributed by atoms with E-state index in [4.69, 9.17) is 0 Å². The second-order valence-corrected chi connectivity index (χ2v) is 3.53. The number of nitrogens with zero attached hydrogens (tertiary/aromatic N) is 1. The highest BCUT2D eigenvalue weighted by Crippen LogP contribution is 2.29. The van der Waals surface area contributed by atoms with Gasteiger partial charge in [0.05, 0.1) is 0 Å². The molecule has 0 bridgehead atoms. The monoisotopic (exact) mass is 291 g/mol. The van der Waals surface area contributed by atoms with Crippen molar-refractivity contribution in [2.24, 2.45) is 0 Å². The molecule has 0 heterocycles. The van der Waals surface area contributed by atoms with E-state index in [2.05, 4.69) is 0 Å². The standard InChI is InChI=1S/C8H10F9N/c9-5(10)7(13,14)1-3-18(17)4-2-8(15,16)6(11)12/h5-6H,1-4H2. The predicted molar refractivity (Wildman–Crippen MR) is 43.8 cm³/mol. The largest absolute Gasteiger partial charge is 0.308 e. The van der Waals surface area contributed by atoms with E-state index in [1.165, 1.54) is 0 Å². The van der Waals surface area contributed by atoms with Crippen LogP contribution in [0.1, 0.15) is 12.8 Å². The molecule has 0 aliphatic heterocycles. The van der Waals surface area contributed by atoms with Gasteiger partial charge >= 0.3 is 24.7 Å². The zero-order valence-electron chi connectivity index (χ0n) is 8.83. The maximum atomic E-state index is 12.7. The normalized spacial score (nSPS) is 14.0. The van der Waals surface area contributed by atoms with E-state index >= 15 is 0 Å². The third-order valence-corrected chi connectivity index (χ3v) is 2.01. The number of alkyl halides is 8. The van der Waals surface area contributed by atoms with Gasteiger partial charge in [-0.1, -0.05) is 0 Å². The van der Waals surface area contributed by atoms with Crippen LogP contribution in [0.2, 0.25) is 0 Å². The van der Waals surface area contributed by atoms with Crippen molar-refractivity contribution in [3.63, 3.8) is 0 Å². The summed E-state index contributed by atoms with van der Waals surface area (Å²) in [6, 6.07) is 0. The number of rotatable bonds is 8. The van der Waals surface area contributed by atoms with E-state index in [0.29, 0.717) is 0 Å². The lowest BCUT2D eigenvalue weighted by atomic mass is 10.2. The van der Waals surface area contributed by atoms with Gasteiger partial charge in [-0.15, -0.1) is 9.60 Å². The lowest BCUT2D eigenvalue weighted by Crippen LogP contribution is -2.34. The molecule has 0 saturated carbocycles. The lowest BCUT2D eigenvalue weighted by molar-refractivity contribution is -0.155. The van der Waals surface area contributed by atoms with Crippen LogP contribution in [-0.2, 0) is 0 Å².